The minimum atomic E-state index is -4.29. The van der Waals surface area contributed by atoms with Crippen molar-refractivity contribution in [3.8, 4) is 0 Å². The summed E-state index contributed by atoms with van der Waals surface area (Å²) in [5.41, 5.74) is -0.337. The maximum atomic E-state index is 13.0. The van der Waals surface area contributed by atoms with Crippen LogP contribution in [-0.2, 0) is 6.18 Å². The zero-order valence-corrected chi connectivity index (χ0v) is 11.8. The highest BCUT2D eigenvalue weighted by Crippen LogP contribution is 2.36. The minimum Gasteiger partial charge on any atom is -0.382 e. The maximum Gasteiger partial charge on any atom is 0.418 e. The van der Waals surface area contributed by atoms with E-state index in [1.807, 2.05) is 0 Å². The summed E-state index contributed by atoms with van der Waals surface area (Å²) in [6.45, 7) is 2.19. The standard InChI is InChI=1S/C16H22F3N/c1-2-12-6-5-7-13(11-10-12)20-15-9-4-3-8-14(15)16(17,18)19/h3-4,8-9,12-13,20H,2,5-7,10-11H2,1H3. The molecule has 0 radical (unpaired) electrons. The van der Waals surface area contributed by atoms with Crippen LogP contribution in [0, 0.1) is 5.92 Å². The largest absolute Gasteiger partial charge is 0.418 e. The summed E-state index contributed by atoms with van der Waals surface area (Å²) in [6.07, 6.45) is 2.22. The van der Waals surface area contributed by atoms with Crippen LogP contribution in [0.5, 0.6) is 0 Å². The molecule has 1 nitrogen and oxygen atoms in total. The van der Waals surface area contributed by atoms with Crippen molar-refractivity contribution >= 4 is 5.69 Å². The van der Waals surface area contributed by atoms with Gasteiger partial charge in [-0.3, -0.25) is 0 Å². The SMILES string of the molecule is CCC1CCCC(Nc2ccccc2C(F)(F)F)CC1. The van der Waals surface area contributed by atoms with Gasteiger partial charge in [-0.1, -0.05) is 38.3 Å². The average Bonchev–Trinajstić information content (AvgIpc) is 2.63. The van der Waals surface area contributed by atoms with Crippen molar-refractivity contribution in [2.24, 2.45) is 5.92 Å². The number of alkyl halides is 3. The van der Waals surface area contributed by atoms with Crippen LogP contribution < -0.4 is 5.32 Å². The summed E-state index contributed by atoms with van der Waals surface area (Å²) in [4.78, 5) is 0. The number of para-hydroxylation sites is 1. The molecule has 2 unspecified atom stereocenters. The number of hydrogen-bond donors (Lipinski definition) is 1. The second-order valence-corrected chi connectivity index (χ2v) is 5.67. The molecular formula is C16H22F3N. The summed E-state index contributed by atoms with van der Waals surface area (Å²) in [5.74, 6) is 0.736. The van der Waals surface area contributed by atoms with Gasteiger partial charge in [0.05, 0.1) is 5.56 Å². The highest BCUT2D eigenvalue weighted by molar-refractivity contribution is 5.53. The van der Waals surface area contributed by atoms with Gasteiger partial charge in [-0.05, 0) is 37.3 Å². The first kappa shape index (κ1) is 15.2. The van der Waals surface area contributed by atoms with Crippen LogP contribution in [0.1, 0.15) is 51.0 Å². The molecule has 1 N–H and O–H groups in total. The molecule has 0 spiro atoms. The Morgan fingerprint density at radius 1 is 1.10 bits per heavy atom. The lowest BCUT2D eigenvalue weighted by Crippen LogP contribution is -2.21. The third-order valence-corrected chi connectivity index (χ3v) is 4.26. The molecule has 1 aliphatic carbocycles. The Morgan fingerprint density at radius 3 is 2.55 bits per heavy atom. The molecule has 1 aromatic carbocycles. The van der Waals surface area contributed by atoms with Crippen LogP contribution >= 0.6 is 0 Å². The van der Waals surface area contributed by atoms with Gasteiger partial charge < -0.3 is 5.32 Å². The fourth-order valence-electron chi connectivity index (χ4n) is 3.01. The van der Waals surface area contributed by atoms with Crippen molar-refractivity contribution in [3.05, 3.63) is 29.8 Å². The number of benzene rings is 1. The Labute approximate surface area is 118 Å². The van der Waals surface area contributed by atoms with E-state index in [9.17, 15) is 13.2 Å². The van der Waals surface area contributed by atoms with Gasteiger partial charge in [-0.15, -0.1) is 0 Å². The molecule has 1 aromatic rings. The number of anilines is 1. The summed E-state index contributed by atoms with van der Waals surface area (Å²) in [5, 5.41) is 3.12. The van der Waals surface area contributed by atoms with E-state index in [1.165, 1.54) is 25.0 Å². The van der Waals surface area contributed by atoms with Crippen molar-refractivity contribution in [2.75, 3.05) is 5.32 Å². The van der Waals surface area contributed by atoms with Gasteiger partial charge in [0, 0.05) is 11.7 Å². The Bertz CT molecular complexity index is 428. The van der Waals surface area contributed by atoms with Gasteiger partial charge in [0.25, 0.3) is 0 Å². The number of halogens is 3. The third kappa shape index (κ3) is 3.90. The zero-order chi connectivity index (χ0) is 14.6. The first-order valence-electron chi connectivity index (χ1n) is 7.43. The van der Waals surface area contributed by atoms with E-state index < -0.39 is 11.7 Å². The van der Waals surface area contributed by atoms with Crippen molar-refractivity contribution in [2.45, 2.75) is 57.7 Å². The van der Waals surface area contributed by atoms with E-state index in [4.69, 9.17) is 0 Å². The molecular weight excluding hydrogens is 263 g/mol. The van der Waals surface area contributed by atoms with Crippen LogP contribution in [0.4, 0.5) is 18.9 Å². The molecule has 1 fully saturated rings. The lowest BCUT2D eigenvalue weighted by Gasteiger charge is -2.21. The summed E-state index contributed by atoms with van der Waals surface area (Å²) in [6, 6.07) is 5.94. The first-order chi connectivity index (χ1) is 9.50. The second kappa shape index (κ2) is 6.51. The lowest BCUT2D eigenvalue weighted by atomic mass is 9.98. The van der Waals surface area contributed by atoms with E-state index in [0.29, 0.717) is 0 Å². The van der Waals surface area contributed by atoms with Gasteiger partial charge in [-0.2, -0.15) is 13.2 Å². The lowest BCUT2D eigenvalue weighted by molar-refractivity contribution is -0.137. The molecule has 2 atom stereocenters. The molecule has 1 saturated carbocycles. The molecule has 0 saturated heterocycles. The van der Waals surface area contributed by atoms with E-state index in [0.717, 1.165) is 37.7 Å². The normalized spacial score (nSPS) is 24.2. The Hall–Kier alpha value is -1.19. The van der Waals surface area contributed by atoms with Crippen LogP contribution in [0.2, 0.25) is 0 Å². The average molecular weight is 285 g/mol. The number of hydrogen-bond acceptors (Lipinski definition) is 1. The second-order valence-electron chi connectivity index (χ2n) is 5.67. The summed E-state index contributed by atoms with van der Waals surface area (Å²) in [7, 11) is 0. The number of rotatable bonds is 3. The van der Waals surface area contributed by atoms with Crippen molar-refractivity contribution in [1.29, 1.82) is 0 Å². The monoisotopic (exact) mass is 285 g/mol. The maximum absolute atomic E-state index is 13.0. The third-order valence-electron chi connectivity index (χ3n) is 4.26. The predicted molar refractivity (Wildman–Crippen MR) is 75.7 cm³/mol. The summed E-state index contributed by atoms with van der Waals surface area (Å²) >= 11 is 0. The fourth-order valence-corrected chi connectivity index (χ4v) is 3.01. The Morgan fingerprint density at radius 2 is 1.85 bits per heavy atom. The summed E-state index contributed by atoms with van der Waals surface area (Å²) < 4.78 is 38.9. The predicted octanol–water partition coefficient (Wildman–Crippen LogP) is 5.48. The molecule has 1 aliphatic rings. The van der Waals surface area contributed by atoms with Crippen molar-refractivity contribution in [1.82, 2.24) is 0 Å². The molecule has 0 aromatic heterocycles. The molecule has 0 heterocycles. The highest BCUT2D eigenvalue weighted by Gasteiger charge is 2.33. The van der Waals surface area contributed by atoms with E-state index in [1.54, 1.807) is 6.07 Å². The topological polar surface area (TPSA) is 12.0 Å². The van der Waals surface area contributed by atoms with E-state index >= 15 is 0 Å². The van der Waals surface area contributed by atoms with Crippen LogP contribution in [0.15, 0.2) is 24.3 Å². The van der Waals surface area contributed by atoms with Crippen molar-refractivity contribution < 1.29 is 13.2 Å². The van der Waals surface area contributed by atoms with Gasteiger partial charge in [0.15, 0.2) is 0 Å². The van der Waals surface area contributed by atoms with E-state index in [-0.39, 0.29) is 11.7 Å². The van der Waals surface area contributed by atoms with Gasteiger partial charge in [0.2, 0.25) is 0 Å². The number of nitrogens with one attached hydrogen (secondary N) is 1. The Balaban J connectivity index is 2.07. The smallest absolute Gasteiger partial charge is 0.382 e. The Kier molecular flexibility index (Phi) is 4.95. The van der Waals surface area contributed by atoms with E-state index in [2.05, 4.69) is 12.2 Å². The van der Waals surface area contributed by atoms with Gasteiger partial charge >= 0.3 is 6.18 Å². The van der Waals surface area contributed by atoms with Gasteiger partial charge in [0.1, 0.15) is 0 Å². The quantitative estimate of drug-likeness (QED) is 0.725. The van der Waals surface area contributed by atoms with Crippen LogP contribution in [0.25, 0.3) is 0 Å². The molecule has 2 rings (SSSR count). The first-order valence-corrected chi connectivity index (χ1v) is 7.43. The van der Waals surface area contributed by atoms with Gasteiger partial charge in [-0.25, -0.2) is 0 Å². The molecule has 0 aliphatic heterocycles. The fraction of sp³-hybridized carbons (Fsp3) is 0.625. The van der Waals surface area contributed by atoms with Crippen molar-refractivity contribution in [3.63, 3.8) is 0 Å². The molecule has 0 bridgehead atoms. The molecule has 20 heavy (non-hydrogen) atoms. The molecule has 4 heteroatoms. The zero-order valence-electron chi connectivity index (χ0n) is 11.8. The highest BCUT2D eigenvalue weighted by atomic mass is 19.4. The van der Waals surface area contributed by atoms with Crippen LogP contribution in [0.3, 0.4) is 0 Å². The minimum absolute atomic E-state index is 0.162. The molecule has 0 amide bonds. The molecule has 112 valence electrons. The van der Waals surface area contributed by atoms with Crippen LogP contribution in [-0.4, -0.2) is 6.04 Å².